The topological polar surface area (TPSA) is 64.5 Å². The number of allylic oxidation sites excluding steroid dienone is 1. The average molecular weight is 496 g/mol. The van der Waals surface area contributed by atoms with Crippen LogP contribution in [0, 0.1) is 0 Å². The van der Waals surface area contributed by atoms with Crippen LogP contribution < -0.4 is 0 Å². The Morgan fingerprint density at radius 3 is 1.97 bits per heavy atom. The van der Waals surface area contributed by atoms with Gasteiger partial charge in [0.25, 0.3) is 0 Å². The summed E-state index contributed by atoms with van der Waals surface area (Å²) in [7, 11) is 0. The van der Waals surface area contributed by atoms with Crippen molar-refractivity contribution in [1.29, 1.82) is 0 Å². The summed E-state index contributed by atoms with van der Waals surface area (Å²) in [4.78, 5) is 24.5. The second kappa shape index (κ2) is 9.15. The van der Waals surface area contributed by atoms with Crippen molar-refractivity contribution in [3.8, 4) is 45.6 Å². The molecule has 0 radical (unpaired) electrons. The lowest BCUT2D eigenvalue weighted by molar-refractivity contribution is 1.01. The molecule has 6 aromatic rings. The van der Waals surface area contributed by atoms with Crippen LogP contribution in [-0.2, 0) is 6.42 Å². The summed E-state index contributed by atoms with van der Waals surface area (Å²) in [5.74, 6) is 1.65. The summed E-state index contributed by atoms with van der Waals surface area (Å²) < 4.78 is 1.35. The minimum atomic E-state index is 0.525. The smallest absolute Gasteiger partial charge is 0.182 e. The molecule has 0 bridgehead atoms. The largest absolute Gasteiger partial charge is 0.253 e. The van der Waals surface area contributed by atoms with Crippen molar-refractivity contribution in [2.75, 3.05) is 0 Å². The standard InChI is InChI=1S/C31H21N5S/c1-2-13-27-23(8-1)24-10-7-9-22(28(24)37-27)20-14-16-21(17-15-20)29-34-30(25-11-3-5-18-32-25)36-31(35-29)26-12-4-6-19-33-26/h2-7,9-19H,1,8H2. The van der Waals surface area contributed by atoms with Gasteiger partial charge in [0.05, 0.1) is 0 Å². The molecule has 5 nitrogen and oxygen atoms in total. The molecule has 6 heteroatoms. The van der Waals surface area contributed by atoms with E-state index in [9.17, 15) is 0 Å². The molecular formula is C31H21N5S. The van der Waals surface area contributed by atoms with Gasteiger partial charge >= 0.3 is 0 Å². The third-order valence-corrected chi connectivity index (χ3v) is 7.80. The van der Waals surface area contributed by atoms with Crippen molar-refractivity contribution < 1.29 is 0 Å². The zero-order valence-electron chi connectivity index (χ0n) is 19.9. The highest BCUT2D eigenvalue weighted by molar-refractivity contribution is 7.20. The van der Waals surface area contributed by atoms with Crippen molar-refractivity contribution in [3.05, 3.63) is 108 Å². The van der Waals surface area contributed by atoms with Crippen LogP contribution >= 0.6 is 11.3 Å². The first-order chi connectivity index (χ1) is 18.3. The van der Waals surface area contributed by atoms with Crippen LogP contribution in [0.4, 0.5) is 0 Å². The van der Waals surface area contributed by atoms with E-state index in [1.807, 2.05) is 47.7 Å². The Bertz CT molecular complexity index is 1700. The van der Waals surface area contributed by atoms with E-state index in [2.05, 4.69) is 69.6 Å². The average Bonchev–Trinajstić information content (AvgIpc) is 3.37. The number of hydrogen-bond acceptors (Lipinski definition) is 6. The highest BCUT2D eigenvalue weighted by atomic mass is 32.1. The summed E-state index contributed by atoms with van der Waals surface area (Å²) in [6.45, 7) is 0. The Hall–Kier alpha value is -4.55. The van der Waals surface area contributed by atoms with Gasteiger partial charge in [-0.05, 0) is 65.3 Å². The lowest BCUT2D eigenvalue weighted by Gasteiger charge is -2.09. The second-order valence-corrected chi connectivity index (χ2v) is 9.93. The van der Waals surface area contributed by atoms with E-state index < -0.39 is 0 Å². The van der Waals surface area contributed by atoms with Gasteiger partial charge in [-0.1, -0.05) is 60.7 Å². The fraction of sp³-hybridized carbons (Fsp3) is 0.0645. The molecule has 4 heterocycles. The molecule has 0 aliphatic heterocycles. The maximum atomic E-state index is 4.78. The van der Waals surface area contributed by atoms with Crippen LogP contribution in [0.25, 0.3) is 61.7 Å². The fourth-order valence-electron chi connectivity index (χ4n) is 4.75. The molecule has 37 heavy (non-hydrogen) atoms. The van der Waals surface area contributed by atoms with Crippen molar-refractivity contribution >= 4 is 27.5 Å². The lowest BCUT2D eigenvalue weighted by atomic mass is 9.97. The number of aryl methyl sites for hydroxylation is 1. The molecule has 1 aliphatic carbocycles. The van der Waals surface area contributed by atoms with Crippen molar-refractivity contribution in [3.63, 3.8) is 0 Å². The zero-order valence-corrected chi connectivity index (χ0v) is 20.7. The summed E-state index contributed by atoms with van der Waals surface area (Å²) in [6, 6.07) is 26.5. The van der Waals surface area contributed by atoms with Crippen molar-refractivity contribution in [2.45, 2.75) is 12.8 Å². The van der Waals surface area contributed by atoms with Crippen molar-refractivity contribution in [2.24, 2.45) is 0 Å². The van der Waals surface area contributed by atoms with Crippen LogP contribution in [0.2, 0.25) is 0 Å². The minimum Gasteiger partial charge on any atom is -0.253 e. The number of fused-ring (bicyclic) bond motifs is 3. The normalized spacial score (nSPS) is 12.5. The van der Waals surface area contributed by atoms with Crippen molar-refractivity contribution in [1.82, 2.24) is 24.9 Å². The first kappa shape index (κ1) is 21.7. The summed E-state index contributed by atoms with van der Waals surface area (Å²) in [6.07, 6.45) is 10.3. The summed E-state index contributed by atoms with van der Waals surface area (Å²) in [5.41, 5.74) is 6.23. The summed E-state index contributed by atoms with van der Waals surface area (Å²) >= 11 is 1.89. The van der Waals surface area contributed by atoms with Gasteiger partial charge in [0.1, 0.15) is 11.4 Å². The van der Waals surface area contributed by atoms with Gasteiger partial charge in [-0.25, -0.2) is 15.0 Å². The molecule has 7 rings (SSSR count). The van der Waals surface area contributed by atoms with E-state index in [0.29, 0.717) is 28.9 Å². The van der Waals surface area contributed by atoms with Gasteiger partial charge in [-0.3, -0.25) is 9.97 Å². The molecule has 0 amide bonds. The first-order valence-corrected chi connectivity index (χ1v) is 13.1. The highest BCUT2D eigenvalue weighted by Crippen LogP contribution is 2.41. The maximum Gasteiger partial charge on any atom is 0.182 e. The fourth-order valence-corrected chi connectivity index (χ4v) is 6.07. The van der Waals surface area contributed by atoms with E-state index in [0.717, 1.165) is 18.4 Å². The zero-order chi connectivity index (χ0) is 24.6. The SMILES string of the molecule is C1=Cc2sc3c(-c4ccc(-c5nc(-c6ccccn6)nc(-c6ccccn6)n5)cc4)cccc3c2CC1. The molecule has 0 N–H and O–H groups in total. The van der Waals surface area contributed by atoms with Gasteiger partial charge in [-0.15, -0.1) is 11.3 Å². The third kappa shape index (κ3) is 4.01. The Morgan fingerprint density at radius 1 is 0.622 bits per heavy atom. The predicted molar refractivity (Wildman–Crippen MR) is 150 cm³/mol. The molecular weight excluding hydrogens is 474 g/mol. The third-order valence-electron chi connectivity index (χ3n) is 6.56. The molecule has 0 saturated carbocycles. The Balaban J connectivity index is 1.32. The number of thiophene rings is 1. The molecule has 0 saturated heterocycles. The molecule has 0 spiro atoms. The molecule has 0 unspecified atom stereocenters. The quantitative estimate of drug-likeness (QED) is 0.253. The minimum absolute atomic E-state index is 0.525. The number of aromatic nitrogens is 5. The lowest BCUT2D eigenvalue weighted by Crippen LogP contribution is -2.01. The number of hydrogen-bond donors (Lipinski definition) is 0. The Kier molecular flexibility index (Phi) is 5.37. The van der Waals surface area contributed by atoms with Crippen LogP contribution in [0.5, 0.6) is 0 Å². The predicted octanol–water partition coefficient (Wildman–Crippen LogP) is 7.50. The molecule has 4 aromatic heterocycles. The number of rotatable bonds is 4. The van der Waals surface area contributed by atoms with Gasteiger partial charge < -0.3 is 0 Å². The Labute approximate surface area is 218 Å². The van der Waals surface area contributed by atoms with E-state index in [1.165, 1.54) is 31.7 Å². The first-order valence-electron chi connectivity index (χ1n) is 12.2. The van der Waals surface area contributed by atoms with Gasteiger partial charge in [-0.2, -0.15) is 0 Å². The second-order valence-electron chi connectivity index (χ2n) is 8.88. The number of benzene rings is 2. The van der Waals surface area contributed by atoms with Crippen LogP contribution in [0.15, 0.2) is 97.3 Å². The monoisotopic (exact) mass is 495 g/mol. The molecule has 1 aliphatic rings. The highest BCUT2D eigenvalue weighted by Gasteiger charge is 2.17. The molecule has 0 atom stereocenters. The molecule has 0 fully saturated rings. The van der Waals surface area contributed by atoms with E-state index in [-0.39, 0.29) is 0 Å². The number of nitrogens with zero attached hydrogens (tertiary/aromatic N) is 5. The van der Waals surface area contributed by atoms with E-state index in [1.54, 1.807) is 12.4 Å². The van der Waals surface area contributed by atoms with Gasteiger partial charge in [0.2, 0.25) is 0 Å². The van der Waals surface area contributed by atoms with Crippen LogP contribution in [0.1, 0.15) is 16.9 Å². The van der Waals surface area contributed by atoms with Gasteiger partial charge in [0, 0.05) is 27.5 Å². The maximum absolute atomic E-state index is 4.78. The van der Waals surface area contributed by atoms with Crippen LogP contribution in [0.3, 0.4) is 0 Å². The number of pyridine rings is 2. The summed E-state index contributed by atoms with van der Waals surface area (Å²) in [5, 5.41) is 1.38. The van der Waals surface area contributed by atoms with Gasteiger partial charge in [0.15, 0.2) is 17.5 Å². The molecule has 176 valence electrons. The van der Waals surface area contributed by atoms with E-state index in [4.69, 9.17) is 9.97 Å². The van der Waals surface area contributed by atoms with E-state index >= 15 is 0 Å². The molecule has 2 aromatic carbocycles. The van der Waals surface area contributed by atoms with Crippen LogP contribution in [-0.4, -0.2) is 24.9 Å². The Morgan fingerprint density at radius 2 is 1.30 bits per heavy atom.